The molecule has 1 aromatic heterocycles. The summed E-state index contributed by atoms with van der Waals surface area (Å²) in [5.41, 5.74) is 4.86. The normalized spacial score (nSPS) is 20.8. The highest BCUT2D eigenvalue weighted by molar-refractivity contribution is 5.90. The lowest BCUT2D eigenvalue weighted by atomic mass is 9.95. The molecule has 2 aromatic carbocycles. The minimum atomic E-state index is -0.425. The molecular formula is C30H38N4O3. The maximum Gasteiger partial charge on any atom is 0.415 e. The van der Waals surface area contributed by atoms with Crippen molar-refractivity contribution in [2.24, 2.45) is 0 Å². The SMILES string of the molecule is COc1ccc(-c2nn(C(C)(C)C)cc2CN2CCCC3(CC2)CN(c2ccc(C)cc2)C(=O)O3)cc1. The molecule has 0 aliphatic carbocycles. The fourth-order valence-corrected chi connectivity index (χ4v) is 5.29. The van der Waals surface area contributed by atoms with E-state index >= 15 is 0 Å². The Morgan fingerprint density at radius 1 is 1.03 bits per heavy atom. The zero-order valence-electron chi connectivity index (χ0n) is 22.7. The predicted molar refractivity (Wildman–Crippen MR) is 146 cm³/mol. The Balaban J connectivity index is 1.33. The molecule has 0 saturated carbocycles. The second-order valence-corrected chi connectivity index (χ2v) is 11.4. The number of aryl methyl sites for hydroxylation is 1. The van der Waals surface area contributed by atoms with Crippen molar-refractivity contribution < 1.29 is 14.3 Å². The average Bonchev–Trinajstić information content (AvgIpc) is 3.38. The average molecular weight is 503 g/mol. The van der Waals surface area contributed by atoms with Crippen molar-refractivity contribution >= 4 is 11.8 Å². The van der Waals surface area contributed by atoms with Crippen molar-refractivity contribution in [2.75, 3.05) is 31.6 Å². The number of amides is 1. The van der Waals surface area contributed by atoms with Crippen LogP contribution in [0, 0.1) is 6.92 Å². The molecule has 1 atom stereocenters. The molecule has 3 heterocycles. The van der Waals surface area contributed by atoms with Gasteiger partial charge in [0, 0.05) is 42.5 Å². The summed E-state index contributed by atoms with van der Waals surface area (Å²) in [6.45, 7) is 11.8. The summed E-state index contributed by atoms with van der Waals surface area (Å²) in [5.74, 6) is 0.837. The van der Waals surface area contributed by atoms with Crippen molar-refractivity contribution in [1.29, 1.82) is 0 Å². The number of methoxy groups -OCH3 is 1. The third-order valence-corrected chi connectivity index (χ3v) is 7.54. The molecule has 1 unspecified atom stereocenters. The van der Waals surface area contributed by atoms with Crippen LogP contribution in [0.2, 0.25) is 0 Å². The van der Waals surface area contributed by atoms with E-state index in [1.54, 1.807) is 12.0 Å². The zero-order valence-corrected chi connectivity index (χ0v) is 22.7. The van der Waals surface area contributed by atoms with Crippen LogP contribution in [0.1, 0.15) is 51.2 Å². The van der Waals surface area contributed by atoms with E-state index in [0.29, 0.717) is 6.54 Å². The quantitative estimate of drug-likeness (QED) is 0.428. The molecule has 196 valence electrons. The van der Waals surface area contributed by atoms with Crippen molar-refractivity contribution in [2.45, 2.75) is 64.6 Å². The number of hydrogen-bond donors (Lipinski definition) is 0. The molecule has 37 heavy (non-hydrogen) atoms. The Kier molecular flexibility index (Phi) is 6.75. The van der Waals surface area contributed by atoms with Gasteiger partial charge in [0.25, 0.3) is 0 Å². The first-order valence-electron chi connectivity index (χ1n) is 13.2. The van der Waals surface area contributed by atoms with E-state index in [4.69, 9.17) is 14.6 Å². The van der Waals surface area contributed by atoms with Crippen LogP contribution in [0.15, 0.2) is 54.7 Å². The molecule has 7 nitrogen and oxygen atoms in total. The fraction of sp³-hybridized carbons (Fsp3) is 0.467. The molecule has 7 heteroatoms. The van der Waals surface area contributed by atoms with E-state index in [9.17, 15) is 4.79 Å². The topological polar surface area (TPSA) is 59.8 Å². The molecule has 2 aliphatic heterocycles. The fourth-order valence-electron chi connectivity index (χ4n) is 5.29. The minimum Gasteiger partial charge on any atom is -0.497 e. The molecule has 0 N–H and O–H groups in total. The maximum atomic E-state index is 12.8. The largest absolute Gasteiger partial charge is 0.497 e. The predicted octanol–water partition coefficient (Wildman–Crippen LogP) is 6.00. The summed E-state index contributed by atoms with van der Waals surface area (Å²) in [4.78, 5) is 17.1. The monoisotopic (exact) mass is 502 g/mol. The highest BCUT2D eigenvalue weighted by atomic mass is 16.6. The maximum absolute atomic E-state index is 12.8. The number of aromatic nitrogens is 2. The molecule has 2 fully saturated rings. The molecule has 1 amide bonds. The van der Waals surface area contributed by atoms with Crippen LogP contribution < -0.4 is 9.64 Å². The Hall–Kier alpha value is -3.32. The van der Waals surface area contributed by atoms with Crippen LogP contribution >= 0.6 is 0 Å². The second kappa shape index (κ2) is 9.86. The van der Waals surface area contributed by atoms with Crippen LogP contribution in [-0.4, -0.2) is 53.1 Å². The first-order valence-corrected chi connectivity index (χ1v) is 13.2. The van der Waals surface area contributed by atoms with Gasteiger partial charge in [-0.05, 0) is 83.5 Å². The van der Waals surface area contributed by atoms with Gasteiger partial charge >= 0.3 is 6.09 Å². The number of carbonyl (C=O) groups excluding carboxylic acids is 1. The first-order chi connectivity index (χ1) is 17.7. The Morgan fingerprint density at radius 3 is 2.43 bits per heavy atom. The summed E-state index contributed by atoms with van der Waals surface area (Å²) in [6, 6.07) is 16.2. The highest BCUT2D eigenvalue weighted by Gasteiger charge is 2.46. The molecule has 2 saturated heterocycles. The van der Waals surface area contributed by atoms with Gasteiger partial charge in [0.2, 0.25) is 0 Å². The number of likely N-dealkylation sites (tertiary alicyclic amines) is 1. The summed E-state index contributed by atoms with van der Waals surface area (Å²) >= 11 is 0. The van der Waals surface area contributed by atoms with E-state index < -0.39 is 5.60 Å². The summed E-state index contributed by atoms with van der Waals surface area (Å²) in [7, 11) is 1.68. The molecule has 0 radical (unpaired) electrons. The highest BCUT2D eigenvalue weighted by Crippen LogP contribution is 2.36. The van der Waals surface area contributed by atoms with E-state index in [0.717, 1.165) is 61.6 Å². The third kappa shape index (κ3) is 5.37. The van der Waals surface area contributed by atoms with Crippen LogP contribution in [0.5, 0.6) is 5.75 Å². The van der Waals surface area contributed by atoms with Crippen LogP contribution in [-0.2, 0) is 16.8 Å². The van der Waals surface area contributed by atoms with Gasteiger partial charge in [0.15, 0.2) is 0 Å². The van der Waals surface area contributed by atoms with Crippen molar-refractivity contribution in [3.63, 3.8) is 0 Å². The number of rotatable bonds is 5. The van der Waals surface area contributed by atoms with Crippen LogP contribution in [0.4, 0.5) is 10.5 Å². The van der Waals surface area contributed by atoms with Gasteiger partial charge in [-0.1, -0.05) is 17.7 Å². The Bertz CT molecular complexity index is 1240. The Morgan fingerprint density at radius 2 is 1.76 bits per heavy atom. The molecular weight excluding hydrogens is 464 g/mol. The first kappa shape index (κ1) is 25.3. The molecule has 5 rings (SSSR count). The van der Waals surface area contributed by atoms with Crippen LogP contribution in [0.25, 0.3) is 11.3 Å². The van der Waals surface area contributed by atoms with Gasteiger partial charge in [-0.3, -0.25) is 14.5 Å². The van der Waals surface area contributed by atoms with E-state index in [1.807, 2.05) is 36.4 Å². The summed E-state index contributed by atoms with van der Waals surface area (Å²) in [5, 5.41) is 5.00. The number of nitrogens with zero attached hydrogens (tertiary/aromatic N) is 4. The third-order valence-electron chi connectivity index (χ3n) is 7.54. The van der Waals surface area contributed by atoms with Gasteiger partial charge in [-0.15, -0.1) is 0 Å². The molecule has 2 aliphatic rings. The van der Waals surface area contributed by atoms with Gasteiger partial charge in [-0.2, -0.15) is 5.10 Å². The van der Waals surface area contributed by atoms with Crippen molar-refractivity contribution in [3.8, 4) is 17.0 Å². The Labute approximate surface area is 220 Å². The zero-order chi connectivity index (χ0) is 26.2. The number of benzene rings is 2. The van der Waals surface area contributed by atoms with Crippen molar-refractivity contribution in [1.82, 2.24) is 14.7 Å². The van der Waals surface area contributed by atoms with Crippen LogP contribution in [0.3, 0.4) is 0 Å². The van der Waals surface area contributed by atoms with Gasteiger partial charge < -0.3 is 9.47 Å². The van der Waals surface area contributed by atoms with Gasteiger partial charge in [0.05, 0.1) is 24.9 Å². The number of ether oxygens (including phenoxy) is 2. The summed E-state index contributed by atoms with van der Waals surface area (Å²) < 4.78 is 13.5. The molecule has 0 bridgehead atoms. The standard InChI is InChI=1S/C30H38N4O3/c1-22-7-11-25(12-8-22)33-21-30(37-28(33)35)15-6-17-32(18-16-30)19-24-20-34(29(2,3)4)31-27(24)23-9-13-26(36-5)14-10-23/h7-14,20H,6,15-19,21H2,1-5H3. The lowest BCUT2D eigenvalue weighted by Gasteiger charge is -2.25. The lowest BCUT2D eigenvalue weighted by Crippen LogP contribution is -2.36. The number of anilines is 1. The summed E-state index contributed by atoms with van der Waals surface area (Å²) in [6.07, 6.45) is 4.65. The molecule has 1 spiro atoms. The number of carbonyl (C=O) groups is 1. The molecule has 3 aromatic rings. The van der Waals surface area contributed by atoms with E-state index in [1.165, 1.54) is 11.1 Å². The van der Waals surface area contributed by atoms with E-state index in [-0.39, 0.29) is 11.6 Å². The van der Waals surface area contributed by atoms with E-state index in [2.05, 4.69) is 55.6 Å². The minimum absolute atomic E-state index is 0.111. The van der Waals surface area contributed by atoms with Crippen molar-refractivity contribution in [3.05, 3.63) is 65.9 Å². The lowest BCUT2D eigenvalue weighted by molar-refractivity contribution is 0.0443. The van der Waals surface area contributed by atoms with Gasteiger partial charge in [-0.25, -0.2) is 4.79 Å². The van der Waals surface area contributed by atoms with Gasteiger partial charge in [0.1, 0.15) is 11.4 Å². The number of hydrogen-bond acceptors (Lipinski definition) is 5. The second-order valence-electron chi connectivity index (χ2n) is 11.4. The smallest absolute Gasteiger partial charge is 0.415 e.